The van der Waals surface area contributed by atoms with Crippen LogP contribution in [-0.2, 0) is 6.54 Å². The van der Waals surface area contributed by atoms with Gasteiger partial charge in [0, 0.05) is 11.6 Å². The Labute approximate surface area is 132 Å². The number of pyridine rings is 1. The highest BCUT2D eigenvalue weighted by Crippen LogP contribution is 2.25. The minimum absolute atomic E-state index is 0.447. The van der Waals surface area contributed by atoms with E-state index in [2.05, 4.69) is 20.4 Å². The molecule has 0 radical (unpaired) electrons. The molecule has 0 aliphatic rings. The van der Waals surface area contributed by atoms with Gasteiger partial charge < -0.3 is 14.3 Å². The molecule has 0 aliphatic heterocycles. The Morgan fingerprint density at radius 1 is 1.13 bits per heavy atom. The Bertz CT molecular complexity index is 925. The summed E-state index contributed by atoms with van der Waals surface area (Å²) in [5.74, 6) is 2.55. The van der Waals surface area contributed by atoms with Crippen molar-refractivity contribution in [2.45, 2.75) is 13.5 Å². The average molecular weight is 306 g/mol. The van der Waals surface area contributed by atoms with Gasteiger partial charge in [-0.15, -0.1) is 0 Å². The van der Waals surface area contributed by atoms with E-state index in [9.17, 15) is 0 Å². The maximum absolute atomic E-state index is 5.80. The van der Waals surface area contributed by atoms with Crippen LogP contribution in [-0.4, -0.2) is 15.1 Å². The van der Waals surface area contributed by atoms with Crippen LogP contribution in [0, 0.1) is 6.92 Å². The third-order valence-corrected chi connectivity index (χ3v) is 3.47. The molecule has 0 saturated heterocycles. The third kappa shape index (κ3) is 2.66. The van der Waals surface area contributed by atoms with Crippen molar-refractivity contribution in [1.29, 1.82) is 0 Å². The van der Waals surface area contributed by atoms with E-state index >= 15 is 0 Å². The fourth-order valence-electron chi connectivity index (χ4n) is 2.42. The summed E-state index contributed by atoms with van der Waals surface area (Å²) in [6.07, 6.45) is 1.72. The van der Waals surface area contributed by atoms with Crippen LogP contribution in [0.1, 0.15) is 11.6 Å². The first kappa shape index (κ1) is 13.5. The fourth-order valence-corrected chi connectivity index (χ4v) is 2.42. The molecule has 1 N–H and O–H groups in total. The second kappa shape index (κ2) is 5.57. The Morgan fingerprint density at radius 3 is 2.87 bits per heavy atom. The van der Waals surface area contributed by atoms with Crippen molar-refractivity contribution in [2.75, 3.05) is 5.32 Å². The summed E-state index contributed by atoms with van der Waals surface area (Å²) in [6.45, 7) is 2.30. The molecule has 114 valence electrons. The minimum atomic E-state index is 0.447. The first-order valence-electron chi connectivity index (χ1n) is 7.26. The van der Waals surface area contributed by atoms with Gasteiger partial charge in [-0.25, -0.2) is 4.98 Å². The van der Waals surface area contributed by atoms with Gasteiger partial charge in [0.2, 0.25) is 0 Å². The number of hydrogen-bond donors (Lipinski definition) is 1. The number of fused-ring (bicyclic) bond motifs is 1. The van der Waals surface area contributed by atoms with E-state index in [1.54, 1.807) is 13.1 Å². The second-order valence-electron chi connectivity index (χ2n) is 5.15. The molecule has 0 spiro atoms. The number of nitrogens with one attached hydrogen (secondary N) is 1. The topological polar surface area (TPSA) is 77.0 Å². The number of hydrogen-bond acceptors (Lipinski definition) is 6. The van der Waals surface area contributed by atoms with Crippen LogP contribution in [0.15, 0.2) is 57.6 Å². The summed E-state index contributed by atoms with van der Waals surface area (Å²) in [6, 6.07) is 13.7. The van der Waals surface area contributed by atoms with Gasteiger partial charge in [0.1, 0.15) is 17.2 Å². The second-order valence-corrected chi connectivity index (χ2v) is 5.15. The number of aryl methyl sites for hydroxylation is 1. The van der Waals surface area contributed by atoms with Gasteiger partial charge >= 0.3 is 0 Å². The Balaban J connectivity index is 1.59. The number of benzene rings is 1. The lowest BCUT2D eigenvalue weighted by Crippen LogP contribution is -2.02. The largest absolute Gasteiger partial charge is 0.459 e. The van der Waals surface area contributed by atoms with Gasteiger partial charge in [-0.2, -0.15) is 4.98 Å². The van der Waals surface area contributed by atoms with Crippen molar-refractivity contribution in [3.63, 3.8) is 0 Å². The molecule has 23 heavy (non-hydrogen) atoms. The minimum Gasteiger partial charge on any atom is -0.459 e. The number of anilines is 1. The standard InChI is InChI=1S/C17H14N4O2/c1-11-20-17(23-21-11)14-6-4-8-18-16(14)19-10-13-9-12-5-2-3-7-15(12)22-13/h2-9H,10H2,1H3,(H,18,19). The maximum Gasteiger partial charge on any atom is 0.261 e. The van der Waals surface area contributed by atoms with E-state index in [1.165, 1.54) is 0 Å². The van der Waals surface area contributed by atoms with Gasteiger partial charge in [-0.1, -0.05) is 23.4 Å². The molecule has 3 heterocycles. The number of furan rings is 1. The molecule has 0 saturated carbocycles. The molecule has 3 aromatic heterocycles. The first-order chi connectivity index (χ1) is 11.3. The Kier molecular flexibility index (Phi) is 3.27. The maximum atomic E-state index is 5.80. The highest BCUT2D eigenvalue weighted by atomic mass is 16.5. The van der Waals surface area contributed by atoms with E-state index in [1.807, 2.05) is 42.5 Å². The summed E-state index contributed by atoms with van der Waals surface area (Å²) >= 11 is 0. The summed E-state index contributed by atoms with van der Waals surface area (Å²) in [7, 11) is 0. The zero-order valence-electron chi connectivity index (χ0n) is 12.5. The molecular formula is C17H14N4O2. The average Bonchev–Trinajstić information content (AvgIpc) is 3.19. The highest BCUT2D eigenvalue weighted by molar-refractivity contribution is 5.77. The molecule has 0 bridgehead atoms. The molecule has 0 atom stereocenters. The van der Waals surface area contributed by atoms with Crippen molar-refractivity contribution in [3.05, 3.63) is 60.2 Å². The summed E-state index contributed by atoms with van der Waals surface area (Å²) < 4.78 is 11.0. The first-order valence-corrected chi connectivity index (χ1v) is 7.26. The molecular weight excluding hydrogens is 292 g/mol. The number of para-hydroxylation sites is 1. The molecule has 1 aromatic carbocycles. The molecule has 0 amide bonds. The van der Waals surface area contributed by atoms with E-state index < -0.39 is 0 Å². The van der Waals surface area contributed by atoms with Crippen molar-refractivity contribution in [2.24, 2.45) is 0 Å². The number of aromatic nitrogens is 3. The van der Waals surface area contributed by atoms with E-state index in [0.717, 1.165) is 22.3 Å². The normalized spacial score (nSPS) is 11.0. The lowest BCUT2D eigenvalue weighted by molar-refractivity contribution is 0.425. The van der Waals surface area contributed by atoms with Crippen LogP contribution in [0.25, 0.3) is 22.4 Å². The van der Waals surface area contributed by atoms with Crippen LogP contribution < -0.4 is 5.32 Å². The predicted octanol–water partition coefficient (Wildman–Crippen LogP) is 3.80. The third-order valence-electron chi connectivity index (χ3n) is 3.47. The van der Waals surface area contributed by atoms with Gasteiger partial charge in [0.25, 0.3) is 5.89 Å². The molecule has 0 fully saturated rings. The van der Waals surface area contributed by atoms with Gasteiger partial charge in [-0.3, -0.25) is 0 Å². The predicted molar refractivity (Wildman–Crippen MR) is 85.8 cm³/mol. The Morgan fingerprint density at radius 2 is 2.04 bits per heavy atom. The number of rotatable bonds is 4. The van der Waals surface area contributed by atoms with E-state index in [0.29, 0.717) is 24.1 Å². The van der Waals surface area contributed by atoms with Crippen LogP contribution >= 0.6 is 0 Å². The van der Waals surface area contributed by atoms with E-state index in [-0.39, 0.29) is 0 Å². The van der Waals surface area contributed by atoms with Crippen LogP contribution in [0.4, 0.5) is 5.82 Å². The van der Waals surface area contributed by atoms with Gasteiger partial charge in [-0.05, 0) is 31.2 Å². The lowest BCUT2D eigenvalue weighted by Gasteiger charge is -2.06. The molecule has 6 nitrogen and oxygen atoms in total. The zero-order chi connectivity index (χ0) is 15.6. The molecule has 0 unspecified atom stereocenters. The van der Waals surface area contributed by atoms with Crippen LogP contribution in [0.2, 0.25) is 0 Å². The zero-order valence-corrected chi connectivity index (χ0v) is 12.5. The Hall–Kier alpha value is -3.15. The van der Waals surface area contributed by atoms with Gasteiger partial charge in [0.15, 0.2) is 5.82 Å². The lowest BCUT2D eigenvalue weighted by atomic mass is 10.2. The molecule has 4 aromatic rings. The summed E-state index contributed by atoms with van der Waals surface area (Å²) in [4.78, 5) is 8.60. The van der Waals surface area contributed by atoms with Crippen molar-refractivity contribution < 1.29 is 8.94 Å². The van der Waals surface area contributed by atoms with Gasteiger partial charge in [0.05, 0.1) is 12.1 Å². The number of nitrogens with zero attached hydrogens (tertiary/aromatic N) is 3. The molecule has 4 rings (SSSR count). The van der Waals surface area contributed by atoms with Crippen LogP contribution in [0.3, 0.4) is 0 Å². The van der Waals surface area contributed by atoms with E-state index in [4.69, 9.17) is 8.94 Å². The molecule has 6 heteroatoms. The van der Waals surface area contributed by atoms with Crippen molar-refractivity contribution in [3.8, 4) is 11.5 Å². The SMILES string of the molecule is Cc1noc(-c2cccnc2NCc2cc3ccccc3o2)n1. The van der Waals surface area contributed by atoms with Crippen LogP contribution in [0.5, 0.6) is 0 Å². The summed E-state index contributed by atoms with van der Waals surface area (Å²) in [5, 5.41) is 8.17. The smallest absolute Gasteiger partial charge is 0.261 e. The van der Waals surface area contributed by atoms with Crippen molar-refractivity contribution >= 4 is 16.8 Å². The monoisotopic (exact) mass is 306 g/mol. The van der Waals surface area contributed by atoms with Crippen molar-refractivity contribution in [1.82, 2.24) is 15.1 Å². The quantitative estimate of drug-likeness (QED) is 0.618. The fraction of sp³-hybridized carbons (Fsp3) is 0.118. The summed E-state index contributed by atoms with van der Waals surface area (Å²) in [5.41, 5.74) is 1.64. The molecule has 0 aliphatic carbocycles. The highest BCUT2D eigenvalue weighted by Gasteiger charge is 2.13.